The second kappa shape index (κ2) is 12.3. The molecule has 0 saturated carbocycles. The molecule has 1 N–H and O–H groups in total. The number of nitrogens with one attached hydrogen (secondary N) is 1. The summed E-state index contributed by atoms with van der Waals surface area (Å²) in [7, 11) is -3.97. The number of rotatable bonds is 9. The van der Waals surface area contributed by atoms with E-state index in [0.29, 0.717) is 21.3 Å². The van der Waals surface area contributed by atoms with Gasteiger partial charge in [0.2, 0.25) is 10.0 Å². The van der Waals surface area contributed by atoms with E-state index in [-0.39, 0.29) is 35.1 Å². The van der Waals surface area contributed by atoms with Gasteiger partial charge < -0.3 is 9.73 Å². The molecule has 0 aliphatic heterocycles. The summed E-state index contributed by atoms with van der Waals surface area (Å²) >= 11 is 11.9. The first-order valence-corrected chi connectivity index (χ1v) is 13.6. The summed E-state index contributed by atoms with van der Waals surface area (Å²) in [4.78, 5) is 12.6. The quantitative estimate of drug-likeness (QED) is 0.175. The van der Waals surface area contributed by atoms with Crippen LogP contribution < -0.4 is 5.32 Å². The van der Waals surface area contributed by atoms with E-state index < -0.39 is 21.7 Å². The second-order valence-corrected chi connectivity index (χ2v) is 11.1. The van der Waals surface area contributed by atoms with Crippen molar-refractivity contribution < 1.29 is 22.0 Å². The molecule has 7 nitrogen and oxygen atoms in total. The van der Waals surface area contributed by atoms with Crippen molar-refractivity contribution in [3.8, 4) is 6.07 Å². The van der Waals surface area contributed by atoms with Crippen LogP contribution in [0.3, 0.4) is 0 Å². The van der Waals surface area contributed by atoms with E-state index in [4.69, 9.17) is 27.6 Å². The first-order chi connectivity index (χ1) is 18.6. The first-order valence-electron chi connectivity index (χ1n) is 11.4. The van der Waals surface area contributed by atoms with Crippen molar-refractivity contribution in [2.24, 2.45) is 0 Å². The second-order valence-electron chi connectivity index (χ2n) is 8.29. The lowest BCUT2D eigenvalue weighted by atomic mass is 10.2. The number of benzene rings is 3. The van der Waals surface area contributed by atoms with Crippen LogP contribution in [-0.4, -0.2) is 18.6 Å². The SMILES string of the molecule is N#C/C(=C/c1ccc(CN(Cc2ccc(Cl)cc2)S(=O)(=O)c2ccc(Cl)cc2)o1)C(=O)Nc1ccc(F)cc1. The summed E-state index contributed by atoms with van der Waals surface area (Å²) in [6.45, 7) is -0.109. The Balaban J connectivity index is 1.57. The predicted octanol–water partition coefficient (Wildman–Crippen LogP) is 6.66. The summed E-state index contributed by atoms with van der Waals surface area (Å²) in [6.07, 6.45) is 1.24. The number of carbonyl (C=O) groups excluding carboxylic acids is 1. The zero-order chi connectivity index (χ0) is 28.0. The van der Waals surface area contributed by atoms with Gasteiger partial charge in [0, 0.05) is 28.4 Å². The standard InChI is InChI=1S/C28H20Cl2FN3O4S/c29-21-3-1-19(2-4-21)17-34(39(36,37)27-13-5-22(30)6-14-27)18-26-12-11-25(38-26)15-20(16-32)28(35)33-24-9-7-23(31)8-10-24/h1-15H,17-18H2,(H,33,35)/b20-15-. The van der Waals surface area contributed by atoms with E-state index in [2.05, 4.69) is 5.32 Å². The molecule has 198 valence electrons. The van der Waals surface area contributed by atoms with Crippen LogP contribution in [0, 0.1) is 17.1 Å². The van der Waals surface area contributed by atoms with Gasteiger partial charge in [-0.2, -0.15) is 9.57 Å². The average molecular weight is 584 g/mol. The lowest BCUT2D eigenvalue weighted by Gasteiger charge is -2.21. The van der Waals surface area contributed by atoms with Crippen LogP contribution >= 0.6 is 23.2 Å². The van der Waals surface area contributed by atoms with Crippen molar-refractivity contribution in [1.29, 1.82) is 5.26 Å². The maximum atomic E-state index is 13.5. The zero-order valence-corrected chi connectivity index (χ0v) is 22.5. The molecule has 0 fully saturated rings. The normalized spacial score (nSPS) is 11.8. The van der Waals surface area contributed by atoms with Crippen LogP contribution in [0.1, 0.15) is 17.1 Å². The van der Waals surface area contributed by atoms with Gasteiger partial charge in [-0.05, 0) is 78.4 Å². The van der Waals surface area contributed by atoms with E-state index in [9.17, 15) is 22.9 Å². The monoisotopic (exact) mass is 583 g/mol. The highest BCUT2D eigenvalue weighted by Gasteiger charge is 2.26. The number of hydrogen-bond donors (Lipinski definition) is 1. The van der Waals surface area contributed by atoms with Gasteiger partial charge in [0.1, 0.15) is 29.0 Å². The van der Waals surface area contributed by atoms with Crippen LogP contribution in [0.5, 0.6) is 0 Å². The molecule has 0 radical (unpaired) electrons. The molecule has 4 rings (SSSR count). The number of nitrogens with zero attached hydrogens (tertiary/aromatic N) is 2. The third-order valence-corrected chi connectivity index (χ3v) is 7.80. The van der Waals surface area contributed by atoms with Crippen molar-refractivity contribution in [3.05, 3.63) is 123 Å². The van der Waals surface area contributed by atoms with E-state index in [1.807, 2.05) is 0 Å². The Morgan fingerprint density at radius 3 is 2.15 bits per heavy atom. The van der Waals surface area contributed by atoms with Crippen molar-refractivity contribution in [2.45, 2.75) is 18.0 Å². The molecule has 0 atom stereocenters. The summed E-state index contributed by atoms with van der Waals surface area (Å²) in [5.74, 6) is -0.720. The summed E-state index contributed by atoms with van der Waals surface area (Å²) in [5.41, 5.74) is 0.757. The Kier molecular flexibility index (Phi) is 8.84. The Labute approximate surface area is 234 Å². The fraction of sp³-hybridized carbons (Fsp3) is 0.0714. The van der Waals surface area contributed by atoms with Gasteiger partial charge >= 0.3 is 0 Å². The van der Waals surface area contributed by atoms with Gasteiger partial charge in [-0.3, -0.25) is 4.79 Å². The molecule has 4 aromatic rings. The number of halogens is 3. The minimum absolute atomic E-state index is 0.0253. The zero-order valence-electron chi connectivity index (χ0n) is 20.1. The Bertz CT molecular complexity index is 1640. The minimum Gasteiger partial charge on any atom is -0.460 e. The number of furan rings is 1. The lowest BCUT2D eigenvalue weighted by molar-refractivity contribution is -0.112. The molecule has 0 spiro atoms. The molecule has 1 aromatic heterocycles. The number of hydrogen-bond acceptors (Lipinski definition) is 5. The van der Waals surface area contributed by atoms with Crippen LogP contribution in [0.25, 0.3) is 6.08 Å². The van der Waals surface area contributed by atoms with Crippen molar-refractivity contribution in [1.82, 2.24) is 4.31 Å². The molecule has 0 unspecified atom stereocenters. The topological polar surface area (TPSA) is 103 Å². The van der Waals surface area contributed by atoms with Gasteiger partial charge in [-0.25, -0.2) is 12.8 Å². The fourth-order valence-corrected chi connectivity index (χ4v) is 5.17. The summed E-state index contributed by atoms with van der Waals surface area (Å²) < 4.78 is 47.1. The van der Waals surface area contributed by atoms with Gasteiger partial charge in [0.25, 0.3) is 5.91 Å². The Hall–Kier alpha value is -3.94. The van der Waals surface area contributed by atoms with Crippen molar-refractivity contribution >= 4 is 50.9 Å². The van der Waals surface area contributed by atoms with Crippen LogP contribution in [0.15, 0.2) is 99.8 Å². The van der Waals surface area contributed by atoms with E-state index >= 15 is 0 Å². The summed E-state index contributed by atoms with van der Waals surface area (Å²) in [6, 6.07) is 22.6. The highest BCUT2D eigenvalue weighted by molar-refractivity contribution is 7.89. The van der Waals surface area contributed by atoms with Gasteiger partial charge in [0.15, 0.2) is 0 Å². The molecule has 1 amide bonds. The molecule has 1 heterocycles. The predicted molar refractivity (Wildman–Crippen MR) is 147 cm³/mol. The number of sulfonamides is 1. The van der Waals surface area contributed by atoms with E-state index in [1.54, 1.807) is 36.4 Å². The smallest absolute Gasteiger partial charge is 0.266 e. The Morgan fingerprint density at radius 2 is 1.54 bits per heavy atom. The Morgan fingerprint density at radius 1 is 0.923 bits per heavy atom. The molecular formula is C28H20Cl2FN3O4S. The van der Waals surface area contributed by atoms with E-state index in [1.165, 1.54) is 65.0 Å². The molecule has 3 aromatic carbocycles. The maximum Gasteiger partial charge on any atom is 0.266 e. The number of nitriles is 1. The van der Waals surface area contributed by atoms with E-state index in [0.717, 1.165) is 0 Å². The first kappa shape index (κ1) is 28.1. The third-order valence-electron chi connectivity index (χ3n) is 5.49. The molecule has 11 heteroatoms. The molecule has 0 aliphatic carbocycles. The van der Waals surface area contributed by atoms with Crippen molar-refractivity contribution in [3.63, 3.8) is 0 Å². The minimum atomic E-state index is -3.97. The molecular weight excluding hydrogens is 564 g/mol. The van der Waals surface area contributed by atoms with Crippen LogP contribution in [0.4, 0.5) is 10.1 Å². The summed E-state index contributed by atoms with van der Waals surface area (Å²) in [5, 5.41) is 12.9. The number of amides is 1. The highest BCUT2D eigenvalue weighted by Crippen LogP contribution is 2.25. The van der Waals surface area contributed by atoms with Gasteiger partial charge in [-0.15, -0.1) is 0 Å². The third kappa shape index (κ3) is 7.34. The van der Waals surface area contributed by atoms with Gasteiger partial charge in [-0.1, -0.05) is 35.3 Å². The number of carbonyl (C=O) groups is 1. The molecule has 0 bridgehead atoms. The highest BCUT2D eigenvalue weighted by atomic mass is 35.5. The fourth-order valence-electron chi connectivity index (χ4n) is 3.53. The van der Waals surface area contributed by atoms with Crippen LogP contribution in [0.2, 0.25) is 10.0 Å². The number of anilines is 1. The largest absolute Gasteiger partial charge is 0.460 e. The maximum absolute atomic E-state index is 13.5. The van der Waals surface area contributed by atoms with Crippen molar-refractivity contribution in [2.75, 3.05) is 5.32 Å². The van der Waals surface area contributed by atoms with Crippen LogP contribution in [-0.2, 0) is 27.9 Å². The average Bonchev–Trinajstić information content (AvgIpc) is 3.36. The van der Waals surface area contributed by atoms with Gasteiger partial charge in [0.05, 0.1) is 11.4 Å². The lowest BCUT2D eigenvalue weighted by Crippen LogP contribution is -2.30. The molecule has 39 heavy (non-hydrogen) atoms. The molecule has 0 saturated heterocycles. The molecule has 0 aliphatic rings.